The molecule has 0 saturated carbocycles. The third kappa shape index (κ3) is 6.10. The van der Waals surface area contributed by atoms with Crippen molar-refractivity contribution in [2.24, 2.45) is 0 Å². The van der Waals surface area contributed by atoms with E-state index < -0.39 is 0 Å². The van der Waals surface area contributed by atoms with Gasteiger partial charge in [-0.2, -0.15) is 5.26 Å². The van der Waals surface area contributed by atoms with Crippen LogP contribution in [-0.4, -0.2) is 45.9 Å². The Morgan fingerprint density at radius 1 is 1.05 bits per heavy atom. The van der Waals surface area contributed by atoms with Gasteiger partial charge in [0.1, 0.15) is 27.6 Å². The second-order valence-corrected chi connectivity index (χ2v) is 12.4. The maximum Gasteiger partial charge on any atom is 0.270 e. The van der Waals surface area contributed by atoms with Gasteiger partial charge in [-0.3, -0.25) is 19.1 Å². The fraction of sp³-hybridized carbons (Fsp3) is 0.333. The zero-order chi connectivity index (χ0) is 30.7. The number of unbranched alkanes of at least 4 members (excludes halogenated alkanes) is 1. The van der Waals surface area contributed by atoms with Gasteiger partial charge in [-0.15, -0.1) is 0 Å². The van der Waals surface area contributed by atoms with Crippen LogP contribution in [0.5, 0.6) is 0 Å². The largest absolute Gasteiger partial charge is 0.368 e. The highest BCUT2D eigenvalue weighted by Gasteiger charge is 2.37. The first-order chi connectivity index (χ1) is 20.7. The Morgan fingerprint density at radius 2 is 1.70 bits per heavy atom. The van der Waals surface area contributed by atoms with Gasteiger partial charge in [-0.25, -0.2) is 4.39 Å². The molecule has 1 aromatic heterocycles. The molecule has 2 fully saturated rings. The lowest BCUT2D eigenvalue weighted by atomic mass is 10.0. The van der Waals surface area contributed by atoms with Gasteiger partial charge in [-0.05, 0) is 61.7 Å². The number of anilines is 2. The molecule has 2 saturated heterocycles. The minimum Gasteiger partial charge on any atom is -0.368 e. The van der Waals surface area contributed by atoms with E-state index in [1.807, 2.05) is 43.3 Å². The Bertz CT molecular complexity index is 1660. The minimum atomic E-state index is -0.313. The molecule has 2 aliphatic rings. The fourth-order valence-corrected chi connectivity index (χ4v) is 7.06. The SMILES string of the molecule is CCCCn1c(N2CCN(c3ccc(F)cc3)CC2)c(C=C2SC(=S)N(C(C)c3ccccc3)C2=O)c(C)c(C#N)c1=O. The molecule has 0 N–H and O–H groups in total. The van der Waals surface area contributed by atoms with Crippen LogP contribution in [0.3, 0.4) is 0 Å². The van der Waals surface area contributed by atoms with Crippen LogP contribution in [0.1, 0.15) is 55.0 Å². The standard InChI is InChI=1S/C33H34FN5O2S2/c1-4-5-15-38-30(37-18-16-36(17-19-37)26-13-11-25(34)12-14-26)27(22(2)28(21-35)31(38)40)20-29-32(41)39(33(42)43-29)23(3)24-9-7-6-8-10-24/h6-14,20,23H,4-5,15-19H2,1-3H3. The van der Waals surface area contributed by atoms with Crippen LogP contribution < -0.4 is 15.4 Å². The summed E-state index contributed by atoms with van der Waals surface area (Å²) in [7, 11) is 0. The van der Waals surface area contributed by atoms with Crippen molar-refractivity contribution in [3.05, 3.63) is 97.9 Å². The lowest BCUT2D eigenvalue weighted by Gasteiger charge is -2.39. The summed E-state index contributed by atoms with van der Waals surface area (Å²) in [5, 5.41) is 10.0. The van der Waals surface area contributed by atoms with Crippen molar-refractivity contribution in [3.63, 3.8) is 0 Å². The second-order valence-electron chi connectivity index (χ2n) is 10.7. The first-order valence-electron chi connectivity index (χ1n) is 14.5. The number of amides is 1. The number of hydrogen-bond acceptors (Lipinski definition) is 7. The quantitative estimate of drug-likeness (QED) is 0.219. The first-order valence-corrected chi connectivity index (χ1v) is 15.7. The van der Waals surface area contributed by atoms with E-state index in [-0.39, 0.29) is 28.9 Å². The number of carbonyl (C=O) groups excluding carboxylic acids is 1. The molecule has 43 heavy (non-hydrogen) atoms. The average molecular weight is 616 g/mol. The zero-order valence-corrected chi connectivity index (χ0v) is 26.2. The molecule has 0 aliphatic carbocycles. The molecule has 1 amide bonds. The monoisotopic (exact) mass is 615 g/mol. The lowest BCUT2D eigenvalue weighted by molar-refractivity contribution is -0.123. The highest BCUT2D eigenvalue weighted by Crippen LogP contribution is 2.40. The molecular formula is C33H34FN5O2S2. The van der Waals surface area contributed by atoms with E-state index in [0.717, 1.165) is 29.9 Å². The molecule has 0 spiro atoms. The van der Waals surface area contributed by atoms with Gasteiger partial charge in [-0.1, -0.05) is 67.7 Å². The van der Waals surface area contributed by atoms with E-state index in [4.69, 9.17) is 12.2 Å². The smallest absolute Gasteiger partial charge is 0.270 e. The summed E-state index contributed by atoms with van der Waals surface area (Å²) < 4.78 is 15.7. The number of rotatable bonds is 8. The number of nitrogens with zero attached hydrogens (tertiary/aromatic N) is 5. The summed E-state index contributed by atoms with van der Waals surface area (Å²) in [4.78, 5) is 33.9. The molecule has 0 bridgehead atoms. The normalized spacial score (nSPS) is 17.1. The molecule has 3 aromatic rings. The van der Waals surface area contributed by atoms with E-state index in [0.29, 0.717) is 53.1 Å². The summed E-state index contributed by atoms with van der Waals surface area (Å²) in [6.07, 6.45) is 3.47. The number of carbonyl (C=O) groups is 1. The molecule has 1 unspecified atom stereocenters. The second kappa shape index (κ2) is 13.1. The van der Waals surface area contributed by atoms with Crippen molar-refractivity contribution >= 4 is 51.8 Å². The molecular weight excluding hydrogens is 582 g/mol. The van der Waals surface area contributed by atoms with E-state index in [2.05, 4.69) is 22.8 Å². The van der Waals surface area contributed by atoms with Crippen LogP contribution >= 0.6 is 24.0 Å². The molecule has 222 valence electrons. The molecule has 7 nitrogen and oxygen atoms in total. The van der Waals surface area contributed by atoms with Crippen LogP contribution in [0.25, 0.3) is 6.08 Å². The van der Waals surface area contributed by atoms with E-state index in [1.165, 1.54) is 23.9 Å². The number of pyridine rings is 1. The number of nitriles is 1. The van der Waals surface area contributed by atoms with Crippen molar-refractivity contribution in [1.29, 1.82) is 5.26 Å². The maximum atomic E-state index is 13.8. The minimum absolute atomic E-state index is 0.0872. The number of piperazine rings is 1. The zero-order valence-electron chi connectivity index (χ0n) is 24.5. The van der Waals surface area contributed by atoms with Gasteiger partial charge in [0, 0.05) is 44.0 Å². The maximum absolute atomic E-state index is 13.8. The van der Waals surface area contributed by atoms with E-state index >= 15 is 0 Å². The Balaban J connectivity index is 1.56. The average Bonchev–Trinajstić information content (AvgIpc) is 3.30. The van der Waals surface area contributed by atoms with Crippen molar-refractivity contribution in [2.75, 3.05) is 36.0 Å². The molecule has 5 rings (SSSR count). The summed E-state index contributed by atoms with van der Waals surface area (Å²) >= 11 is 6.92. The summed E-state index contributed by atoms with van der Waals surface area (Å²) in [6, 6.07) is 18.1. The van der Waals surface area contributed by atoms with E-state index in [9.17, 15) is 19.2 Å². The van der Waals surface area contributed by atoms with Crippen LogP contribution in [0.2, 0.25) is 0 Å². The molecule has 1 atom stereocenters. The summed E-state index contributed by atoms with van der Waals surface area (Å²) in [5.41, 5.74) is 2.94. The van der Waals surface area contributed by atoms with Crippen LogP contribution in [0, 0.1) is 24.1 Å². The van der Waals surface area contributed by atoms with E-state index in [1.54, 1.807) is 28.5 Å². The van der Waals surface area contributed by atoms with Crippen molar-refractivity contribution in [2.45, 2.75) is 46.2 Å². The van der Waals surface area contributed by atoms with Crippen molar-refractivity contribution < 1.29 is 9.18 Å². The predicted octanol–water partition coefficient (Wildman–Crippen LogP) is 6.26. The Morgan fingerprint density at radius 3 is 2.33 bits per heavy atom. The number of aromatic nitrogens is 1. The first kappa shape index (κ1) is 30.5. The molecule has 2 aromatic carbocycles. The fourth-order valence-electron chi connectivity index (χ4n) is 5.66. The van der Waals surface area contributed by atoms with Crippen LogP contribution in [-0.2, 0) is 11.3 Å². The van der Waals surface area contributed by atoms with Gasteiger partial charge >= 0.3 is 0 Å². The van der Waals surface area contributed by atoms with Gasteiger partial charge in [0.05, 0.1) is 10.9 Å². The Labute approximate surface area is 261 Å². The predicted molar refractivity (Wildman–Crippen MR) is 176 cm³/mol. The van der Waals surface area contributed by atoms with Crippen molar-refractivity contribution in [3.8, 4) is 6.07 Å². The molecule has 2 aliphatic heterocycles. The van der Waals surface area contributed by atoms with Crippen LogP contribution in [0.15, 0.2) is 64.3 Å². The highest BCUT2D eigenvalue weighted by atomic mass is 32.2. The number of benzene rings is 2. The van der Waals surface area contributed by atoms with Gasteiger partial charge in [0.25, 0.3) is 11.5 Å². The molecule has 10 heteroatoms. The van der Waals surface area contributed by atoms with Gasteiger partial charge in [0.2, 0.25) is 0 Å². The molecule has 0 radical (unpaired) electrons. The number of hydrogen-bond donors (Lipinski definition) is 0. The number of thiocarbonyl (C=S) groups is 1. The highest BCUT2D eigenvalue weighted by molar-refractivity contribution is 8.26. The molecule has 3 heterocycles. The number of thioether (sulfide) groups is 1. The third-order valence-electron chi connectivity index (χ3n) is 8.12. The van der Waals surface area contributed by atoms with Crippen LogP contribution in [0.4, 0.5) is 15.9 Å². The van der Waals surface area contributed by atoms with Gasteiger partial charge < -0.3 is 9.80 Å². The summed E-state index contributed by atoms with van der Waals surface area (Å²) in [5.74, 6) is 0.251. The number of halogens is 1. The lowest BCUT2D eigenvalue weighted by Crippen LogP contribution is -2.48. The Hall–Kier alpha value is -3.94. The van der Waals surface area contributed by atoms with Gasteiger partial charge in [0.15, 0.2) is 0 Å². The Kier molecular flexibility index (Phi) is 9.33. The topological polar surface area (TPSA) is 72.6 Å². The van der Waals surface area contributed by atoms with Crippen molar-refractivity contribution in [1.82, 2.24) is 9.47 Å². The summed E-state index contributed by atoms with van der Waals surface area (Å²) in [6.45, 7) is 8.82. The third-order valence-corrected chi connectivity index (χ3v) is 9.45.